The lowest BCUT2D eigenvalue weighted by molar-refractivity contribution is -0.139. The van der Waals surface area contributed by atoms with Gasteiger partial charge < -0.3 is 5.11 Å². The van der Waals surface area contributed by atoms with E-state index in [1.807, 2.05) is 0 Å². The Morgan fingerprint density at radius 2 is 2.00 bits per heavy atom. The molecule has 2 heteroatoms. The van der Waals surface area contributed by atoms with Gasteiger partial charge in [-0.25, -0.2) is 0 Å². The van der Waals surface area contributed by atoms with Crippen LogP contribution in [0, 0.1) is 22.7 Å². The van der Waals surface area contributed by atoms with Crippen LogP contribution < -0.4 is 0 Å². The van der Waals surface area contributed by atoms with Gasteiger partial charge >= 0.3 is 5.97 Å². The quantitative estimate of drug-likeness (QED) is 0.680. The number of aliphatic carboxylic acids is 1. The summed E-state index contributed by atoms with van der Waals surface area (Å²) >= 11 is 0. The molecule has 0 amide bonds. The number of hydrogen-bond donors (Lipinski definition) is 1. The molecule has 2 unspecified atom stereocenters. The van der Waals surface area contributed by atoms with Gasteiger partial charge in [0.15, 0.2) is 0 Å². The van der Waals surface area contributed by atoms with Gasteiger partial charge in [-0.3, -0.25) is 4.79 Å². The third-order valence-corrected chi connectivity index (χ3v) is 4.60. The fourth-order valence-electron chi connectivity index (χ4n) is 3.58. The van der Waals surface area contributed by atoms with Crippen molar-refractivity contribution in [3.63, 3.8) is 0 Å². The van der Waals surface area contributed by atoms with E-state index >= 15 is 0 Å². The van der Waals surface area contributed by atoms with Crippen LogP contribution >= 0.6 is 0 Å². The normalized spacial score (nSPS) is 47.6. The SMILES string of the molecule is CC1(C2CC2)C(C(=O)O)C12CC2. The van der Waals surface area contributed by atoms with E-state index in [9.17, 15) is 4.79 Å². The molecule has 3 aliphatic rings. The van der Waals surface area contributed by atoms with E-state index in [4.69, 9.17) is 5.11 Å². The molecule has 2 nitrogen and oxygen atoms in total. The Morgan fingerprint density at radius 3 is 2.25 bits per heavy atom. The molecule has 0 radical (unpaired) electrons. The zero-order chi connectivity index (χ0) is 8.56. The lowest BCUT2D eigenvalue weighted by Crippen LogP contribution is -2.08. The van der Waals surface area contributed by atoms with Gasteiger partial charge in [-0.2, -0.15) is 0 Å². The molecular weight excluding hydrogens is 152 g/mol. The van der Waals surface area contributed by atoms with Crippen molar-refractivity contribution in [3.8, 4) is 0 Å². The molecule has 1 spiro atoms. The van der Waals surface area contributed by atoms with E-state index in [2.05, 4.69) is 6.92 Å². The predicted molar refractivity (Wildman–Crippen MR) is 43.6 cm³/mol. The van der Waals surface area contributed by atoms with Crippen molar-refractivity contribution in [2.45, 2.75) is 32.6 Å². The highest BCUT2D eigenvalue weighted by Crippen LogP contribution is 2.87. The van der Waals surface area contributed by atoms with E-state index in [0.29, 0.717) is 0 Å². The molecule has 0 heterocycles. The first-order valence-electron chi connectivity index (χ1n) is 4.86. The lowest BCUT2D eigenvalue weighted by Gasteiger charge is -2.06. The van der Waals surface area contributed by atoms with E-state index < -0.39 is 5.97 Å². The summed E-state index contributed by atoms with van der Waals surface area (Å²) in [7, 11) is 0. The Labute approximate surface area is 72.0 Å². The first-order valence-corrected chi connectivity index (χ1v) is 4.86. The van der Waals surface area contributed by atoms with Crippen LogP contribution in [0.1, 0.15) is 32.6 Å². The van der Waals surface area contributed by atoms with Crippen LogP contribution in [0.4, 0.5) is 0 Å². The number of hydrogen-bond acceptors (Lipinski definition) is 1. The van der Waals surface area contributed by atoms with Crippen LogP contribution in [0.15, 0.2) is 0 Å². The molecule has 3 rings (SSSR count). The molecule has 66 valence electrons. The number of carbonyl (C=O) groups is 1. The van der Waals surface area contributed by atoms with Gasteiger partial charge in [-0.05, 0) is 42.4 Å². The minimum atomic E-state index is -0.540. The van der Waals surface area contributed by atoms with Crippen LogP contribution in [0.2, 0.25) is 0 Å². The van der Waals surface area contributed by atoms with Crippen molar-refractivity contribution in [3.05, 3.63) is 0 Å². The zero-order valence-electron chi connectivity index (χ0n) is 7.34. The fraction of sp³-hybridized carbons (Fsp3) is 0.900. The summed E-state index contributed by atoms with van der Waals surface area (Å²) in [6, 6.07) is 0. The standard InChI is InChI=1S/C10H14O2/c1-9(6-2-3-6)7(8(11)12)10(9)4-5-10/h6-7H,2-5H2,1H3,(H,11,12). The second-order valence-corrected chi connectivity index (χ2v) is 4.98. The first kappa shape index (κ1) is 6.93. The largest absolute Gasteiger partial charge is 0.481 e. The predicted octanol–water partition coefficient (Wildman–Crippen LogP) is 1.90. The summed E-state index contributed by atoms with van der Waals surface area (Å²) in [6.45, 7) is 2.20. The monoisotopic (exact) mass is 166 g/mol. The van der Waals surface area contributed by atoms with Crippen LogP contribution in [-0.2, 0) is 4.79 Å². The second-order valence-electron chi connectivity index (χ2n) is 4.98. The van der Waals surface area contributed by atoms with Crippen molar-refractivity contribution < 1.29 is 9.90 Å². The molecule has 0 aliphatic heterocycles. The van der Waals surface area contributed by atoms with Crippen molar-refractivity contribution >= 4 is 5.97 Å². The van der Waals surface area contributed by atoms with Crippen LogP contribution in [0.3, 0.4) is 0 Å². The van der Waals surface area contributed by atoms with Crippen molar-refractivity contribution in [2.75, 3.05) is 0 Å². The highest BCUT2D eigenvalue weighted by molar-refractivity contribution is 5.78. The zero-order valence-corrected chi connectivity index (χ0v) is 7.34. The summed E-state index contributed by atoms with van der Waals surface area (Å²) in [5, 5.41) is 9.04. The molecule has 0 saturated heterocycles. The van der Waals surface area contributed by atoms with Crippen LogP contribution in [-0.4, -0.2) is 11.1 Å². The minimum absolute atomic E-state index is 0.0116. The van der Waals surface area contributed by atoms with Gasteiger partial charge in [0.1, 0.15) is 0 Å². The maximum absolute atomic E-state index is 11.0. The molecule has 2 atom stereocenters. The minimum Gasteiger partial charge on any atom is -0.481 e. The fourth-order valence-corrected chi connectivity index (χ4v) is 3.58. The first-order chi connectivity index (χ1) is 5.63. The van der Waals surface area contributed by atoms with Crippen molar-refractivity contribution in [1.29, 1.82) is 0 Å². The average Bonchev–Trinajstić information content (AvgIpc) is 2.85. The molecule has 3 saturated carbocycles. The van der Waals surface area contributed by atoms with Crippen LogP contribution in [0.5, 0.6) is 0 Å². The van der Waals surface area contributed by atoms with Gasteiger partial charge in [0.2, 0.25) is 0 Å². The van der Waals surface area contributed by atoms with E-state index in [1.54, 1.807) is 0 Å². The van der Waals surface area contributed by atoms with E-state index in [1.165, 1.54) is 25.7 Å². The summed E-state index contributed by atoms with van der Waals surface area (Å²) in [6.07, 6.45) is 4.91. The Bertz CT molecular complexity index is 263. The van der Waals surface area contributed by atoms with Gasteiger partial charge in [-0.1, -0.05) is 6.92 Å². The molecule has 12 heavy (non-hydrogen) atoms. The molecule has 0 aromatic heterocycles. The number of rotatable bonds is 2. The molecule has 3 fully saturated rings. The highest BCUT2D eigenvalue weighted by Gasteiger charge is 2.85. The van der Waals surface area contributed by atoms with E-state index in [0.717, 1.165) is 5.92 Å². The van der Waals surface area contributed by atoms with Gasteiger partial charge in [0.25, 0.3) is 0 Å². The molecular formula is C10H14O2. The van der Waals surface area contributed by atoms with Gasteiger partial charge in [0.05, 0.1) is 5.92 Å². The summed E-state index contributed by atoms with van der Waals surface area (Å²) in [4.78, 5) is 11.0. The van der Waals surface area contributed by atoms with Gasteiger partial charge in [-0.15, -0.1) is 0 Å². The third-order valence-electron chi connectivity index (χ3n) is 4.60. The van der Waals surface area contributed by atoms with E-state index in [-0.39, 0.29) is 16.7 Å². The average molecular weight is 166 g/mol. The maximum Gasteiger partial charge on any atom is 0.307 e. The Morgan fingerprint density at radius 1 is 1.42 bits per heavy atom. The Kier molecular flexibility index (Phi) is 0.906. The van der Waals surface area contributed by atoms with Crippen molar-refractivity contribution in [1.82, 2.24) is 0 Å². The van der Waals surface area contributed by atoms with Gasteiger partial charge in [0, 0.05) is 0 Å². The summed E-state index contributed by atoms with van der Waals surface area (Å²) < 4.78 is 0. The molecule has 3 aliphatic carbocycles. The Hall–Kier alpha value is -0.530. The van der Waals surface area contributed by atoms with Crippen LogP contribution in [0.25, 0.3) is 0 Å². The Balaban J connectivity index is 1.92. The molecule has 0 aromatic carbocycles. The maximum atomic E-state index is 11.0. The van der Waals surface area contributed by atoms with Crippen molar-refractivity contribution in [2.24, 2.45) is 22.7 Å². The highest BCUT2D eigenvalue weighted by atomic mass is 16.4. The summed E-state index contributed by atoms with van der Waals surface area (Å²) in [5.74, 6) is 0.223. The number of carboxylic acid groups (broad SMARTS) is 1. The second kappa shape index (κ2) is 1.57. The topological polar surface area (TPSA) is 37.3 Å². The molecule has 0 bridgehead atoms. The molecule has 1 N–H and O–H groups in total. The molecule has 0 aromatic rings. The number of carboxylic acids is 1. The smallest absolute Gasteiger partial charge is 0.307 e. The third kappa shape index (κ3) is 0.511. The summed E-state index contributed by atoms with van der Waals surface area (Å²) in [5.41, 5.74) is 0.485. The lowest BCUT2D eigenvalue weighted by atomic mass is 9.97.